The van der Waals surface area contributed by atoms with Gasteiger partial charge in [0, 0.05) is 17.1 Å². The lowest BCUT2D eigenvalue weighted by molar-refractivity contribution is -0.114. The molecule has 1 atom stereocenters. The number of thioether (sulfide) groups is 1. The van der Waals surface area contributed by atoms with E-state index in [1.807, 2.05) is 24.3 Å². The Labute approximate surface area is 236 Å². The van der Waals surface area contributed by atoms with E-state index in [4.69, 9.17) is 9.56 Å². The van der Waals surface area contributed by atoms with Crippen molar-refractivity contribution in [2.24, 2.45) is 5.14 Å². The van der Waals surface area contributed by atoms with Gasteiger partial charge in [0.05, 0.1) is 45.1 Å². The third kappa shape index (κ3) is 6.63. The van der Waals surface area contributed by atoms with E-state index in [0.717, 1.165) is 23.7 Å². The number of dihydropyridines is 1. The van der Waals surface area contributed by atoms with E-state index in [2.05, 4.69) is 28.9 Å². The SMILES string of the molecule is CCc1ccc(NC(=O)CSC2=C(C#N)C(c3ccco3)C(C(=O)Nc3ccc(S(N)(=O)=O)cc3)=C(C)N2)cc1. The molecule has 1 aromatic heterocycles. The van der Waals surface area contributed by atoms with Crippen molar-refractivity contribution in [2.75, 3.05) is 16.4 Å². The number of carbonyl (C=O) groups excluding carboxylic acids is 2. The van der Waals surface area contributed by atoms with Gasteiger partial charge in [0.1, 0.15) is 5.76 Å². The Bertz CT molecular complexity index is 1620. The topological polar surface area (TPSA) is 167 Å². The first-order valence-electron chi connectivity index (χ1n) is 12.2. The average Bonchev–Trinajstić information content (AvgIpc) is 3.46. The first-order valence-corrected chi connectivity index (χ1v) is 14.7. The Morgan fingerprint density at radius 1 is 1.07 bits per heavy atom. The molecule has 206 valence electrons. The molecule has 2 amide bonds. The zero-order valence-corrected chi connectivity index (χ0v) is 23.4. The Balaban J connectivity index is 1.55. The van der Waals surface area contributed by atoms with Crippen molar-refractivity contribution < 1.29 is 22.4 Å². The molecule has 0 saturated heterocycles. The first-order chi connectivity index (χ1) is 19.1. The molecular weight excluding hydrogens is 550 g/mol. The maximum Gasteiger partial charge on any atom is 0.254 e. The van der Waals surface area contributed by atoms with Crippen LogP contribution in [0.5, 0.6) is 0 Å². The number of aryl methyl sites for hydroxylation is 1. The zero-order chi connectivity index (χ0) is 28.9. The third-order valence-electron chi connectivity index (χ3n) is 6.15. The lowest BCUT2D eigenvalue weighted by Crippen LogP contribution is -2.31. The van der Waals surface area contributed by atoms with Crippen LogP contribution in [-0.4, -0.2) is 26.0 Å². The molecule has 0 saturated carbocycles. The molecule has 0 spiro atoms. The molecule has 1 unspecified atom stereocenters. The molecular formula is C28H27N5O5S2. The Morgan fingerprint density at radius 3 is 2.30 bits per heavy atom. The van der Waals surface area contributed by atoms with E-state index < -0.39 is 21.8 Å². The van der Waals surface area contributed by atoms with Crippen LogP contribution in [0.4, 0.5) is 11.4 Å². The summed E-state index contributed by atoms with van der Waals surface area (Å²) in [6.45, 7) is 3.75. The highest BCUT2D eigenvalue weighted by Gasteiger charge is 2.36. The van der Waals surface area contributed by atoms with Crippen LogP contribution in [0, 0.1) is 11.3 Å². The average molecular weight is 578 g/mol. The molecule has 0 bridgehead atoms. The van der Waals surface area contributed by atoms with Gasteiger partial charge in [-0.25, -0.2) is 13.6 Å². The van der Waals surface area contributed by atoms with Crippen molar-refractivity contribution in [1.82, 2.24) is 5.32 Å². The predicted molar refractivity (Wildman–Crippen MR) is 153 cm³/mol. The van der Waals surface area contributed by atoms with Gasteiger partial charge in [-0.05, 0) is 67.4 Å². The van der Waals surface area contributed by atoms with Crippen molar-refractivity contribution in [1.29, 1.82) is 5.26 Å². The number of sulfonamides is 1. The van der Waals surface area contributed by atoms with E-state index in [9.17, 15) is 23.3 Å². The molecule has 1 aliphatic rings. The molecule has 2 aromatic carbocycles. The molecule has 2 heterocycles. The fraction of sp³-hybridized carbons (Fsp3) is 0.179. The van der Waals surface area contributed by atoms with Crippen LogP contribution in [0.25, 0.3) is 0 Å². The first kappa shape index (κ1) is 28.7. The number of nitrogens with zero attached hydrogens (tertiary/aromatic N) is 1. The van der Waals surface area contributed by atoms with Gasteiger partial charge in [-0.15, -0.1) is 0 Å². The van der Waals surface area contributed by atoms with Crippen LogP contribution >= 0.6 is 11.8 Å². The maximum absolute atomic E-state index is 13.5. The second-order valence-electron chi connectivity index (χ2n) is 8.88. The monoisotopic (exact) mass is 577 g/mol. The van der Waals surface area contributed by atoms with Gasteiger partial charge in [-0.3, -0.25) is 9.59 Å². The van der Waals surface area contributed by atoms with Crippen LogP contribution in [-0.2, 0) is 26.0 Å². The number of rotatable bonds is 9. The highest BCUT2D eigenvalue weighted by molar-refractivity contribution is 8.03. The van der Waals surface area contributed by atoms with E-state index in [0.29, 0.717) is 27.9 Å². The van der Waals surface area contributed by atoms with Gasteiger partial charge in [-0.2, -0.15) is 5.26 Å². The fourth-order valence-electron chi connectivity index (χ4n) is 4.15. The second-order valence-corrected chi connectivity index (χ2v) is 11.4. The predicted octanol–water partition coefficient (Wildman–Crippen LogP) is 4.20. The van der Waals surface area contributed by atoms with Crippen molar-refractivity contribution in [2.45, 2.75) is 31.1 Å². The summed E-state index contributed by atoms with van der Waals surface area (Å²) in [7, 11) is -3.88. The van der Waals surface area contributed by atoms with Crippen molar-refractivity contribution >= 4 is 45.0 Å². The molecule has 12 heteroatoms. The zero-order valence-electron chi connectivity index (χ0n) is 21.7. The molecule has 0 aliphatic carbocycles. The van der Waals surface area contributed by atoms with Crippen LogP contribution in [0.2, 0.25) is 0 Å². The van der Waals surface area contributed by atoms with E-state index in [1.54, 1.807) is 19.1 Å². The van der Waals surface area contributed by atoms with Gasteiger partial charge in [0.15, 0.2) is 0 Å². The quantitative estimate of drug-likeness (QED) is 0.294. The van der Waals surface area contributed by atoms with Gasteiger partial charge in [-0.1, -0.05) is 30.8 Å². The molecule has 0 radical (unpaired) electrons. The number of nitrogens with one attached hydrogen (secondary N) is 3. The summed E-state index contributed by atoms with van der Waals surface area (Å²) in [5, 5.41) is 24.4. The summed E-state index contributed by atoms with van der Waals surface area (Å²) in [6.07, 6.45) is 2.35. The van der Waals surface area contributed by atoms with Crippen LogP contribution in [0.1, 0.15) is 31.1 Å². The van der Waals surface area contributed by atoms with E-state index in [-0.39, 0.29) is 27.7 Å². The standard InChI is InChI=1S/C28H27N5O5S2/c1-3-18-6-8-19(9-7-18)32-24(34)16-39-28-22(15-29)26(23-5-4-14-38-23)25(17(2)31-28)27(35)33-20-10-12-21(13-11-20)40(30,36)37/h4-14,26,31H,3,16H2,1-2H3,(H,32,34)(H,33,35)(H2,30,36,37). The number of benzene rings is 2. The summed E-state index contributed by atoms with van der Waals surface area (Å²) in [4.78, 5) is 26.0. The Morgan fingerprint density at radius 2 is 1.73 bits per heavy atom. The number of allylic oxidation sites excluding steroid dienone is 2. The molecule has 3 aromatic rings. The number of furan rings is 1. The number of anilines is 2. The van der Waals surface area contributed by atoms with Gasteiger partial charge < -0.3 is 20.4 Å². The normalized spacial score (nSPS) is 15.3. The number of hydrogen-bond acceptors (Lipinski definition) is 8. The van der Waals surface area contributed by atoms with Crippen LogP contribution < -0.4 is 21.1 Å². The summed E-state index contributed by atoms with van der Waals surface area (Å²) >= 11 is 1.15. The summed E-state index contributed by atoms with van der Waals surface area (Å²) in [6, 6.07) is 18.5. The number of hydrogen-bond donors (Lipinski definition) is 4. The Hall–Kier alpha value is -4.31. The van der Waals surface area contributed by atoms with Crippen molar-refractivity contribution in [3.05, 3.63) is 100 Å². The third-order valence-corrected chi connectivity index (χ3v) is 8.10. The van der Waals surface area contributed by atoms with Crippen LogP contribution in [0.3, 0.4) is 0 Å². The number of amides is 2. The molecule has 5 N–H and O–H groups in total. The lowest BCUT2D eigenvalue weighted by atomic mass is 9.85. The molecule has 1 aliphatic heterocycles. The second kappa shape index (κ2) is 12.3. The Kier molecular flexibility index (Phi) is 8.79. The molecule has 40 heavy (non-hydrogen) atoms. The minimum absolute atomic E-state index is 0.0269. The maximum atomic E-state index is 13.5. The number of primary sulfonamides is 1. The minimum atomic E-state index is -3.88. The highest BCUT2D eigenvalue weighted by Crippen LogP contribution is 2.41. The number of carbonyl (C=O) groups is 2. The molecule has 10 nitrogen and oxygen atoms in total. The fourth-order valence-corrected chi connectivity index (χ4v) is 5.56. The van der Waals surface area contributed by atoms with E-state index >= 15 is 0 Å². The van der Waals surface area contributed by atoms with Gasteiger partial charge in [0.2, 0.25) is 15.9 Å². The largest absolute Gasteiger partial charge is 0.468 e. The number of nitriles is 1. The summed E-state index contributed by atoms with van der Waals surface area (Å²) < 4.78 is 28.7. The van der Waals surface area contributed by atoms with Crippen LogP contribution in [0.15, 0.2) is 98.1 Å². The van der Waals surface area contributed by atoms with Crippen molar-refractivity contribution in [3.63, 3.8) is 0 Å². The van der Waals surface area contributed by atoms with Gasteiger partial charge >= 0.3 is 0 Å². The van der Waals surface area contributed by atoms with Gasteiger partial charge in [0.25, 0.3) is 5.91 Å². The van der Waals surface area contributed by atoms with Crippen molar-refractivity contribution in [3.8, 4) is 6.07 Å². The molecule has 4 rings (SSSR count). The molecule has 0 fully saturated rings. The summed E-state index contributed by atoms with van der Waals surface area (Å²) in [5.41, 5.74) is 3.11. The van der Waals surface area contributed by atoms with E-state index in [1.165, 1.54) is 30.5 Å². The number of nitrogens with two attached hydrogens (primary N) is 1. The minimum Gasteiger partial charge on any atom is -0.468 e. The lowest BCUT2D eigenvalue weighted by Gasteiger charge is -2.28. The summed E-state index contributed by atoms with van der Waals surface area (Å²) in [5.74, 6) is -1.19. The highest BCUT2D eigenvalue weighted by atomic mass is 32.2. The smallest absolute Gasteiger partial charge is 0.254 e.